The molecule has 1 aromatic rings. The standard InChI is InChI=1S/C16H14O4/c1-3-12(10-5-4-6-11(17)7-10)13-8-15(19)16(20-2)9-14(13)18/h3-9,12,17H,1H2,2H3/t12-/m0/s1. The number of hydrogen-bond donors (Lipinski definition) is 1. The molecule has 1 aliphatic rings. The summed E-state index contributed by atoms with van der Waals surface area (Å²) in [5.41, 5.74) is 1.01. The first-order valence-electron chi connectivity index (χ1n) is 6.04. The average Bonchev–Trinajstić information content (AvgIpc) is 2.43. The number of aromatic hydroxyl groups is 1. The van der Waals surface area contributed by atoms with Gasteiger partial charge in [-0.3, -0.25) is 9.59 Å². The number of benzene rings is 1. The minimum absolute atomic E-state index is 0.0254. The minimum Gasteiger partial charge on any atom is -0.508 e. The number of phenolic OH excluding ortho intramolecular Hbond substituents is 1. The van der Waals surface area contributed by atoms with Gasteiger partial charge in [0.2, 0.25) is 5.78 Å². The molecule has 2 rings (SSSR count). The second kappa shape index (κ2) is 5.57. The zero-order chi connectivity index (χ0) is 14.7. The van der Waals surface area contributed by atoms with Crippen molar-refractivity contribution in [3.05, 3.63) is 66.0 Å². The van der Waals surface area contributed by atoms with Gasteiger partial charge in [-0.2, -0.15) is 0 Å². The quantitative estimate of drug-likeness (QED) is 0.673. The highest BCUT2D eigenvalue weighted by molar-refractivity contribution is 6.19. The van der Waals surface area contributed by atoms with Crippen LogP contribution in [-0.2, 0) is 14.3 Å². The number of phenols is 1. The topological polar surface area (TPSA) is 63.6 Å². The predicted molar refractivity (Wildman–Crippen MR) is 74.2 cm³/mol. The third-order valence-corrected chi connectivity index (χ3v) is 3.10. The molecule has 0 bridgehead atoms. The number of ether oxygens (including phenoxy) is 1. The molecule has 0 saturated carbocycles. The Kier molecular flexibility index (Phi) is 3.84. The van der Waals surface area contributed by atoms with Gasteiger partial charge in [0.25, 0.3) is 0 Å². The Balaban J connectivity index is 2.41. The smallest absolute Gasteiger partial charge is 0.220 e. The van der Waals surface area contributed by atoms with E-state index in [1.54, 1.807) is 24.3 Å². The maximum absolute atomic E-state index is 12.1. The third-order valence-electron chi connectivity index (χ3n) is 3.10. The molecule has 4 nitrogen and oxygen atoms in total. The van der Waals surface area contributed by atoms with E-state index in [4.69, 9.17) is 4.74 Å². The van der Waals surface area contributed by atoms with Crippen LogP contribution in [0.4, 0.5) is 0 Å². The first kappa shape index (κ1) is 13.8. The molecule has 0 spiro atoms. The fourth-order valence-corrected chi connectivity index (χ4v) is 2.12. The van der Waals surface area contributed by atoms with Crippen molar-refractivity contribution in [1.82, 2.24) is 0 Å². The van der Waals surface area contributed by atoms with E-state index in [2.05, 4.69) is 6.58 Å². The summed E-state index contributed by atoms with van der Waals surface area (Å²) in [7, 11) is 1.34. The molecule has 0 radical (unpaired) electrons. The van der Waals surface area contributed by atoms with Gasteiger partial charge in [0, 0.05) is 17.6 Å². The largest absolute Gasteiger partial charge is 0.508 e. The van der Waals surface area contributed by atoms with Crippen LogP contribution in [0.25, 0.3) is 0 Å². The fraction of sp³-hybridized carbons (Fsp3) is 0.125. The molecule has 1 aliphatic carbocycles. The van der Waals surface area contributed by atoms with Gasteiger partial charge in [-0.25, -0.2) is 0 Å². The van der Waals surface area contributed by atoms with Crippen molar-refractivity contribution in [2.24, 2.45) is 0 Å². The first-order valence-corrected chi connectivity index (χ1v) is 6.04. The Morgan fingerprint density at radius 2 is 2.00 bits per heavy atom. The average molecular weight is 270 g/mol. The zero-order valence-electron chi connectivity index (χ0n) is 11.0. The molecule has 0 heterocycles. The number of allylic oxidation sites excluding steroid dienone is 4. The normalized spacial score (nSPS) is 16.2. The Morgan fingerprint density at radius 3 is 2.60 bits per heavy atom. The summed E-state index contributed by atoms with van der Waals surface area (Å²) in [5.74, 6) is -0.980. The van der Waals surface area contributed by atoms with E-state index in [0.29, 0.717) is 11.1 Å². The van der Waals surface area contributed by atoms with Crippen molar-refractivity contribution >= 4 is 11.6 Å². The SMILES string of the molecule is C=C[C@H](C1=CC(=O)C(OC)=CC1=O)c1cccc(O)c1. The van der Waals surface area contributed by atoms with Gasteiger partial charge in [-0.05, 0) is 23.8 Å². The Morgan fingerprint density at radius 1 is 1.25 bits per heavy atom. The van der Waals surface area contributed by atoms with Gasteiger partial charge in [-0.15, -0.1) is 6.58 Å². The molecule has 0 unspecified atom stereocenters. The van der Waals surface area contributed by atoms with Crippen molar-refractivity contribution in [2.45, 2.75) is 5.92 Å². The third kappa shape index (κ3) is 2.54. The molecule has 1 aromatic carbocycles. The lowest BCUT2D eigenvalue weighted by atomic mass is 9.85. The summed E-state index contributed by atoms with van der Waals surface area (Å²) in [5, 5.41) is 9.52. The molecule has 102 valence electrons. The number of ketones is 2. The van der Waals surface area contributed by atoms with Gasteiger partial charge >= 0.3 is 0 Å². The molecular weight excluding hydrogens is 256 g/mol. The highest BCUT2D eigenvalue weighted by Gasteiger charge is 2.26. The van der Waals surface area contributed by atoms with E-state index in [1.165, 1.54) is 25.3 Å². The zero-order valence-corrected chi connectivity index (χ0v) is 11.0. The molecule has 1 N–H and O–H groups in total. The van der Waals surface area contributed by atoms with Gasteiger partial charge in [0.15, 0.2) is 11.5 Å². The van der Waals surface area contributed by atoms with Crippen molar-refractivity contribution in [3.63, 3.8) is 0 Å². The van der Waals surface area contributed by atoms with Gasteiger partial charge < -0.3 is 9.84 Å². The Labute approximate surface area is 116 Å². The highest BCUT2D eigenvalue weighted by atomic mass is 16.5. The number of hydrogen-bond acceptors (Lipinski definition) is 4. The summed E-state index contributed by atoms with van der Waals surface area (Å²) >= 11 is 0. The summed E-state index contributed by atoms with van der Waals surface area (Å²) in [6, 6.07) is 6.52. The van der Waals surface area contributed by atoms with Crippen LogP contribution in [-0.4, -0.2) is 23.8 Å². The number of methoxy groups -OCH3 is 1. The summed E-state index contributed by atoms with van der Waals surface area (Å²) < 4.78 is 4.84. The second-order valence-corrected chi connectivity index (χ2v) is 4.35. The summed E-state index contributed by atoms with van der Waals surface area (Å²) in [4.78, 5) is 23.9. The van der Waals surface area contributed by atoms with E-state index in [0.717, 1.165) is 0 Å². The van der Waals surface area contributed by atoms with E-state index in [-0.39, 0.29) is 23.1 Å². The lowest BCUT2D eigenvalue weighted by Crippen LogP contribution is -2.18. The van der Waals surface area contributed by atoms with Crippen molar-refractivity contribution in [2.75, 3.05) is 7.11 Å². The maximum atomic E-state index is 12.1. The molecule has 20 heavy (non-hydrogen) atoms. The van der Waals surface area contributed by atoms with Crippen LogP contribution in [0, 0.1) is 0 Å². The molecule has 0 saturated heterocycles. The van der Waals surface area contributed by atoms with Crippen LogP contribution in [0.15, 0.2) is 60.4 Å². The Hall–Kier alpha value is -2.62. The van der Waals surface area contributed by atoms with E-state index in [1.807, 2.05) is 0 Å². The number of carbonyl (C=O) groups is 2. The van der Waals surface area contributed by atoms with E-state index in [9.17, 15) is 14.7 Å². The van der Waals surface area contributed by atoms with Crippen LogP contribution in [0.2, 0.25) is 0 Å². The molecule has 1 atom stereocenters. The monoisotopic (exact) mass is 270 g/mol. The fourth-order valence-electron chi connectivity index (χ4n) is 2.12. The van der Waals surface area contributed by atoms with Gasteiger partial charge in [0.1, 0.15) is 5.75 Å². The summed E-state index contributed by atoms with van der Waals surface area (Å²) in [6.07, 6.45) is 4.01. The minimum atomic E-state index is -0.451. The molecule has 4 heteroatoms. The molecule has 0 fully saturated rings. The molecule has 0 aliphatic heterocycles. The van der Waals surface area contributed by atoms with Crippen LogP contribution in [0.3, 0.4) is 0 Å². The van der Waals surface area contributed by atoms with Crippen LogP contribution < -0.4 is 0 Å². The van der Waals surface area contributed by atoms with Gasteiger partial charge in [-0.1, -0.05) is 18.2 Å². The number of carbonyl (C=O) groups excluding carboxylic acids is 2. The van der Waals surface area contributed by atoms with Crippen LogP contribution in [0.5, 0.6) is 5.75 Å². The van der Waals surface area contributed by atoms with Crippen LogP contribution in [0.1, 0.15) is 11.5 Å². The van der Waals surface area contributed by atoms with Crippen molar-refractivity contribution in [1.29, 1.82) is 0 Å². The second-order valence-electron chi connectivity index (χ2n) is 4.35. The molecule has 0 aromatic heterocycles. The van der Waals surface area contributed by atoms with Crippen LogP contribution >= 0.6 is 0 Å². The molecular formula is C16H14O4. The van der Waals surface area contributed by atoms with Crippen molar-refractivity contribution in [3.8, 4) is 5.75 Å². The highest BCUT2D eigenvalue weighted by Crippen LogP contribution is 2.30. The molecule has 0 amide bonds. The van der Waals surface area contributed by atoms with Crippen molar-refractivity contribution < 1.29 is 19.4 Å². The lowest BCUT2D eigenvalue weighted by Gasteiger charge is -2.18. The lowest BCUT2D eigenvalue weighted by molar-refractivity contribution is -0.117. The van der Waals surface area contributed by atoms with Gasteiger partial charge in [0.05, 0.1) is 7.11 Å². The predicted octanol–water partition coefficient (Wildman–Crippen LogP) is 2.27. The first-order chi connectivity index (χ1) is 9.56. The van der Waals surface area contributed by atoms with E-state index < -0.39 is 5.92 Å². The summed E-state index contributed by atoms with van der Waals surface area (Å²) in [6.45, 7) is 3.70. The maximum Gasteiger partial charge on any atom is 0.220 e. The number of rotatable bonds is 4. The Bertz CT molecular complexity index is 638. The van der Waals surface area contributed by atoms with E-state index >= 15 is 0 Å².